The number of benzene rings is 1. The molecule has 1 aromatic carbocycles. The van der Waals surface area contributed by atoms with Gasteiger partial charge in [0.2, 0.25) is 0 Å². The predicted molar refractivity (Wildman–Crippen MR) is 66.9 cm³/mol. The van der Waals surface area contributed by atoms with Crippen molar-refractivity contribution in [2.75, 3.05) is 0 Å². The van der Waals surface area contributed by atoms with E-state index in [0.29, 0.717) is 6.54 Å². The highest BCUT2D eigenvalue weighted by atomic mass is 14.7. The summed E-state index contributed by atoms with van der Waals surface area (Å²) in [6.45, 7) is 2.64. The van der Waals surface area contributed by atoms with Gasteiger partial charge in [-0.15, -0.1) is 0 Å². The van der Waals surface area contributed by atoms with Gasteiger partial charge in [0.15, 0.2) is 0 Å². The molecule has 2 aromatic rings. The predicted octanol–water partition coefficient (Wildman–Crippen LogP) is 2.77. The number of hydrogen-bond donors (Lipinski definition) is 1. The van der Waals surface area contributed by atoms with Gasteiger partial charge in [-0.2, -0.15) is 0 Å². The molecule has 0 radical (unpaired) electrons. The molecule has 0 atom stereocenters. The first kappa shape index (κ1) is 10.8. The lowest BCUT2D eigenvalue weighted by Gasteiger charge is -2.07. The zero-order chi connectivity index (χ0) is 11.4. The van der Waals surface area contributed by atoms with E-state index >= 15 is 0 Å². The van der Waals surface area contributed by atoms with Crippen molar-refractivity contribution in [1.29, 1.82) is 0 Å². The van der Waals surface area contributed by atoms with Gasteiger partial charge in [-0.25, -0.2) is 0 Å². The van der Waals surface area contributed by atoms with Crippen molar-refractivity contribution in [3.8, 4) is 11.1 Å². The number of aryl methyl sites for hydroxylation is 1. The van der Waals surface area contributed by atoms with E-state index in [1.54, 1.807) is 6.20 Å². The van der Waals surface area contributed by atoms with E-state index in [1.165, 1.54) is 11.1 Å². The fourth-order valence-electron chi connectivity index (χ4n) is 1.78. The first-order valence-electron chi connectivity index (χ1n) is 5.58. The Bertz CT molecular complexity index is 460. The fourth-order valence-corrected chi connectivity index (χ4v) is 1.78. The summed E-state index contributed by atoms with van der Waals surface area (Å²) >= 11 is 0. The molecular formula is C14H16N2. The van der Waals surface area contributed by atoms with E-state index in [2.05, 4.69) is 42.2 Å². The minimum Gasteiger partial charge on any atom is -0.325 e. The average Bonchev–Trinajstić information content (AvgIpc) is 2.39. The van der Waals surface area contributed by atoms with E-state index in [9.17, 15) is 0 Å². The Morgan fingerprint density at radius 1 is 1.12 bits per heavy atom. The molecule has 0 saturated heterocycles. The van der Waals surface area contributed by atoms with Crippen LogP contribution in [0.3, 0.4) is 0 Å². The highest BCUT2D eigenvalue weighted by Crippen LogP contribution is 2.22. The molecule has 2 heteroatoms. The van der Waals surface area contributed by atoms with Crippen LogP contribution in [0, 0.1) is 0 Å². The third kappa shape index (κ3) is 2.12. The van der Waals surface area contributed by atoms with Crippen molar-refractivity contribution in [2.24, 2.45) is 5.73 Å². The van der Waals surface area contributed by atoms with Crippen LogP contribution in [0.25, 0.3) is 11.1 Å². The molecule has 0 unspecified atom stereocenters. The van der Waals surface area contributed by atoms with Crippen molar-refractivity contribution in [2.45, 2.75) is 19.9 Å². The van der Waals surface area contributed by atoms with Gasteiger partial charge in [0.05, 0.1) is 5.69 Å². The third-order valence-electron chi connectivity index (χ3n) is 2.76. The van der Waals surface area contributed by atoms with Gasteiger partial charge in [0, 0.05) is 18.3 Å². The Morgan fingerprint density at radius 3 is 2.50 bits per heavy atom. The van der Waals surface area contributed by atoms with E-state index in [4.69, 9.17) is 5.73 Å². The Labute approximate surface area is 96.1 Å². The molecule has 0 fully saturated rings. The molecule has 0 aliphatic heterocycles. The largest absolute Gasteiger partial charge is 0.325 e. The normalized spacial score (nSPS) is 10.4. The number of hydrogen-bond acceptors (Lipinski definition) is 2. The molecule has 0 aliphatic rings. The van der Waals surface area contributed by atoms with Crippen molar-refractivity contribution >= 4 is 0 Å². The SMILES string of the molecule is CCc1ccc(-c2cccnc2CN)cc1. The summed E-state index contributed by atoms with van der Waals surface area (Å²) in [5.41, 5.74) is 10.3. The molecule has 1 heterocycles. The van der Waals surface area contributed by atoms with Crippen LogP contribution in [0.2, 0.25) is 0 Å². The monoisotopic (exact) mass is 212 g/mol. The molecule has 0 amide bonds. The van der Waals surface area contributed by atoms with Crippen LogP contribution in [0.5, 0.6) is 0 Å². The molecule has 1 aromatic heterocycles. The second kappa shape index (κ2) is 4.90. The van der Waals surface area contributed by atoms with Crippen LogP contribution in [0.15, 0.2) is 42.6 Å². The number of nitrogens with two attached hydrogens (primary N) is 1. The molecule has 2 N–H and O–H groups in total. The van der Waals surface area contributed by atoms with Gasteiger partial charge in [-0.3, -0.25) is 4.98 Å². The summed E-state index contributed by atoms with van der Waals surface area (Å²) in [5, 5.41) is 0. The van der Waals surface area contributed by atoms with Crippen LogP contribution in [0.4, 0.5) is 0 Å². The molecule has 2 nitrogen and oxygen atoms in total. The molecule has 0 saturated carbocycles. The topological polar surface area (TPSA) is 38.9 Å². The van der Waals surface area contributed by atoms with Crippen molar-refractivity contribution in [1.82, 2.24) is 4.98 Å². The second-order valence-corrected chi connectivity index (χ2v) is 3.75. The number of nitrogens with zero attached hydrogens (tertiary/aromatic N) is 1. The van der Waals surface area contributed by atoms with Crippen LogP contribution >= 0.6 is 0 Å². The summed E-state index contributed by atoms with van der Waals surface area (Å²) in [6, 6.07) is 12.6. The van der Waals surface area contributed by atoms with E-state index in [-0.39, 0.29) is 0 Å². The summed E-state index contributed by atoms with van der Waals surface area (Å²) in [5.74, 6) is 0. The van der Waals surface area contributed by atoms with Gasteiger partial charge in [-0.05, 0) is 23.6 Å². The summed E-state index contributed by atoms with van der Waals surface area (Å²) in [4.78, 5) is 4.29. The van der Waals surface area contributed by atoms with Crippen LogP contribution in [-0.4, -0.2) is 4.98 Å². The molecule has 0 bridgehead atoms. The summed E-state index contributed by atoms with van der Waals surface area (Å²) in [7, 11) is 0. The Hall–Kier alpha value is -1.67. The zero-order valence-electron chi connectivity index (χ0n) is 9.48. The molecule has 16 heavy (non-hydrogen) atoms. The zero-order valence-corrected chi connectivity index (χ0v) is 9.48. The number of rotatable bonds is 3. The van der Waals surface area contributed by atoms with E-state index in [0.717, 1.165) is 17.7 Å². The van der Waals surface area contributed by atoms with Crippen LogP contribution < -0.4 is 5.73 Å². The Morgan fingerprint density at radius 2 is 1.88 bits per heavy atom. The van der Waals surface area contributed by atoms with Crippen molar-refractivity contribution in [3.63, 3.8) is 0 Å². The standard InChI is InChI=1S/C14H16N2/c1-2-11-5-7-12(8-6-11)13-4-3-9-16-14(13)10-15/h3-9H,2,10,15H2,1H3. The van der Waals surface area contributed by atoms with Gasteiger partial charge in [0.25, 0.3) is 0 Å². The smallest absolute Gasteiger partial charge is 0.0617 e. The van der Waals surface area contributed by atoms with Crippen molar-refractivity contribution < 1.29 is 0 Å². The minimum atomic E-state index is 0.478. The van der Waals surface area contributed by atoms with Crippen molar-refractivity contribution in [3.05, 3.63) is 53.9 Å². The molecular weight excluding hydrogens is 196 g/mol. The highest BCUT2D eigenvalue weighted by molar-refractivity contribution is 5.65. The maximum Gasteiger partial charge on any atom is 0.0617 e. The molecule has 0 aliphatic carbocycles. The van der Waals surface area contributed by atoms with Gasteiger partial charge in [-0.1, -0.05) is 37.3 Å². The van der Waals surface area contributed by atoms with Crippen LogP contribution in [-0.2, 0) is 13.0 Å². The Kier molecular flexibility index (Phi) is 3.32. The Balaban J connectivity index is 2.42. The lowest BCUT2D eigenvalue weighted by molar-refractivity contribution is 0.994. The van der Waals surface area contributed by atoms with Gasteiger partial charge >= 0.3 is 0 Å². The number of aromatic nitrogens is 1. The maximum atomic E-state index is 5.68. The molecule has 0 spiro atoms. The maximum absolute atomic E-state index is 5.68. The van der Waals surface area contributed by atoms with E-state index in [1.807, 2.05) is 6.07 Å². The van der Waals surface area contributed by atoms with E-state index < -0.39 is 0 Å². The second-order valence-electron chi connectivity index (χ2n) is 3.75. The lowest BCUT2D eigenvalue weighted by atomic mass is 10.0. The van der Waals surface area contributed by atoms with Crippen LogP contribution in [0.1, 0.15) is 18.2 Å². The summed E-state index contributed by atoms with van der Waals surface area (Å²) in [6.07, 6.45) is 2.85. The van der Waals surface area contributed by atoms with Gasteiger partial charge < -0.3 is 5.73 Å². The average molecular weight is 212 g/mol. The quantitative estimate of drug-likeness (QED) is 0.849. The molecule has 82 valence electrons. The third-order valence-corrected chi connectivity index (χ3v) is 2.76. The first-order chi connectivity index (χ1) is 7.85. The summed E-state index contributed by atoms with van der Waals surface area (Å²) < 4.78 is 0. The number of pyridine rings is 1. The highest BCUT2D eigenvalue weighted by Gasteiger charge is 2.03. The minimum absolute atomic E-state index is 0.478. The first-order valence-corrected chi connectivity index (χ1v) is 5.58. The van der Waals surface area contributed by atoms with Gasteiger partial charge in [0.1, 0.15) is 0 Å². The lowest BCUT2D eigenvalue weighted by Crippen LogP contribution is -2.01. The fraction of sp³-hybridized carbons (Fsp3) is 0.214. The molecule has 2 rings (SSSR count).